The second-order valence-corrected chi connectivity index (χ2v) is 8.16. The Labute approximate surface area is 174 Å². The lowest BCUT2D eigenvalue weighted by molar-refractivity contribution is 0.174. The average Bonchev–Trinajstić information content (AvgIpc) is 3.33. The molecule has 0 amide bonds. The number of ether oxygens (including phenoxy) is 1. The molecule has 0 spiro atoms. The van der Waals surface area contributed by atoms with Gasteiger partial charge in [-0.05, 0) is 44.0 Å². The summed E-state index contributed by atoms with van der Waals surface area (Å²) < 4.78 is 7.95. The van der Waals surface area contributed by atoms with Crippen LogP contribution in [0.5, 0.6) is 5.75 Å². The van der Waals surface area contributed by atoms with E-state index in [1.54, 1.807) is 0 Å². The minimum absolute atomic E-state index is 0.0710. The summed E-state index contributed by atoms with van der Waals surface area (Å²) in [5, 5.41) is 19.5. The number of nitrogens with zero attached hydrogens (tertiary/aromatic N) is 5. The molecular formula is C23H25N5O2. The van der Waals surface area contributed by atoms with E-state index in [1.807, 2.05) is 54.6 Å². The highest BCUT2D eigenvalue weighted by atomic mass is 16.5. The third-order valence-electron chi connectivity index (χ3n) is 5.39. The quantitative estimate of drug-likeness (QED) is 0.551. The summed E-state index contributed by atoms with van der Waals surface area (Å²) in [4.78, 5) is 7.14. The molecule has 30 heavy (non-hydrogen) atoms. The van der Waals surface area contributed by atoms with Gasteiger partial charge in [0.1, 0.15) is 17.0 Å². The predicted molar refractivity (Wildman–Crippen MR) is 115 cm³/mol. The normalized spacial score (nSPS) is 17.4. The maximum Gasteiger partial charge on any atom is 0.187 e. The number of rotatable bonds is 5. The molecule has 1 unspecified atom stereocenters. The van der Waals surface area contributed by atoms with Gasteiger partial charge < -0.3 is 9.84 Å². The third kappa shape index (κ3) is 3.62. The van der Waals surface area contributed by atoms with Gasteiger partial charge in [-0.2, -0.15) is 0 Å². The molecule has 7 heteroatoms. The van der Waals surface area contributed by atoms with Crippen molar-refractivity contribution in [2.24, 2.45) is 0 Å². The second-order valence-electron chi connectivity index (χ2n) is 8.16. The summed E-state index contributed by atoms with van der Waals surface area (Å²) in [6.07, 6.45) is 2.75. The first kappa shape index (κ1) is 19.0. The molecule has 1 aliphatic heterocycles. The standard InChI is InChI=1S/C23H25N5O2/c1-15(2)30-20-5-3-4-17-7-8-19(24-22(17)20)23-26-25-21-9-6-16(13-28(21)23)12-27-11-10-18(29)14-27/h3-9,13,15,18,29H,10-12,14H2,1-2H3. The largest absolute Gasteiger partial charge is 0.489 e. The van der Waals surface area contributed by atoms with Crippen molar-refractivity contribution in [2.45, 2.75) is 39.0 Å². The number of aliphatic hydroxyl groups excluding tert-OH is 1. The summed E-state index contributed by atoms with van der Waals surface area (Å²) in [7, 11) is 0. The van der Waals surface area contributed by atoms with E-state index < -0.39 is 0 Å². The lowest BCUT2D eigenvalue weighted by Crippen LogP contribution is -2.21. The first-order valence-corrected chi connectivity index (χ1v) is 10.4. The Hall–Kier alpha value is -3.03. The highest BCUT2D eigenvalue weighted by Crippen LogP contribution is 2.28. The fourth-order valence-corrected chi connectivity index (χ4v) is 4.01. The predicted octanol–water partition coefficient (Wildman–Crippen LogP) is 3.30. The highest BCUT2D eigenvalue weighted by molar-refractivity contribution is 5.86. The summed E-state index contributed by atoms with van der Waals surface area (Å²) in [5.41, 5.74) is 3.51. The van der Waals surface area contributed by atoms with Crippen LogP contribution in [0.4, 0.5) is 0 Å². The smallest absolute Gasteiger partial charge is 0.187 e. The van der Waals surface area contributed by atoms with Gasteiger partial charge in [-0.25, -0.2) is 4.98 Å². The fourth-order valence-electron chi connectivity index (χ4n) is 4.01. The molecule has 1 fully saturated rings. The Bertz CT molecular complexity index is 1200. The molecule has 3 aromatic heterocycles. The van der Waals surface area contributed by atoms with E-state index in [1.165, 1.54) is 0 Å². The first-order chi connectivity index (χ1) is 14.6. The number of benzene rings is 1. The van der Waals surface area contributed by atoms with Crippen LogP contribution < -0.4 is 4.74 Å². The van der Waals surface area contributed by atoms with E-state index in [9.17, 15) is 5.11 Å². The molecule has 4 aromatic rings. The zero-order chi connectivity index (χ0) is 20.7. The van der Waals surface area contributed by atoms with E-state index in [-0.39, 0.29) is 12.2 Å². The lowest BCUT2D eigenvalue weighted by atomic mass is 10.2. The van der Waals surface area contributed by atoms with Crippen LogP contribution in [0, 0.1) is 0 Å². The van der Waals surface area contributed by atoms with Crippen molar-refractivity contribution in [3.63, 3.8) is 0 Å². The van der Waals surface area contributed by atoms with Crippen molar-refractivity contribution in [1.82, 2.24) is 24.5 Å². The van der Waals surface area contributed by atoms with Crippen molar-refractivity contribution in [1.29, 1.82) is 0 Å². The first-order valence-electron chi connectivity index (χ1n) is 10.4. The molecule has 5 rings (SSSR count). The van der Waals surface area contributed by atoms with Crippen molar-refractivity contribution in [3.8, 4) is 17.3 Å². The average molecular weight is 403 g/mol. The Balaban J connectivity index is 1.53. The van der Waals surface area contributed by atoms with Gasteiger partial charge in [-0.15, -0.1) is 10.2 Å². The summed E-state index contributed by atoms with van der Waals surface area (Å²) in [5.74, 6) is 1.47. The Morgan fingerprint density at radius 2 is 2.03 bits per heavy atom. The van der Waals surface area contributed by atoms with E-state index >= 15 is 0 Å². The van der Waals surface area contributed by atoms with E-state index in [0.29, 0.717) is 5.82 Å². The number of likely N-dealkylation sites (tertiary alicyclic amines) is 1. The van der Waals surface area contributed by atoms with E-state index in [2.05, 4.69) is 27.4 Å². The summed E-state index contributed by atoms with van der Waals surface area (Å²) >= 11 is 0. The number of hydrogen-bond acceptors (Lipinski definition) is 6. The molecule has 0 saturated carbocycles. The molecule has 0 aliphatic carbocycles. The molecule has 1 atom stereocenters. The van der Waals surface area contributed by atoms with Crippen molar-refractivity contribution in [2.75, 3.05) is 13.1 Å². The Morgan fingerprint density at radius 3 is 2.83 bits per heavy atom. The molecular weight excluding hydrogens is 378 g/mol. The zero-order valence-corrected chi connectivity index (χ0v) is 17.2. The fraction of sp³-hybridized carbons (Fsp3) is 0.348. The maximum atomic E-state index is 9.79. The van der Waals surface area contributed by atoms with Crippen molar-refractivity contribution >= 4 is 16.6 Å². The van der Waals surface area contributed by atoms with Gasteiger partial charge in [0.25, 0.3) is 0 Å². The number of aromatic nitrogens is 4. The van der Waals surface area contributed by atoms with Crippen molar-refractivity contribution in [3.05, 3.63) is 54.2 Å². The van der Waals surface area contributed by atoms with Gasteiger partial charge in [0.05, 0.1) is 12.2 Å². The van der Waals surface area contributed by atoms with Crippen LogP contribution in [0.25, 0.3) is 28.1 Å². The molecule has 1 aliphatic rings. The SMILES string of the molecule is CC(C)Oc1cccc2ccc(-c3nnc4ccc(CN5CCC(O)C5)cn34)nc12. The molecule has 1 saturated heterocycles. The number of pyridine rings is 2. The Kier molecular flexibility index (Phi) is 4.84. The van der Waals surface area contributed by atoms with Gasteiger partial charge in [0.2, 0.25) is 0 Å². The molecule has 154 valence electrons. The van der Waals surface area contributed by atoms with Crippen LogP contribution in [-0.2, 0) is 6.54 Å². The molecule has 7 nitrogen and oxygen atoms in total. The number of β-amino-alcohol motifs (C(OH)–C–C–N with tert-alkyl or cyclic N) is 1. The van der Waals surface area contributed by atoms with Crippen LogP contribution >= 0.6 is 0 Å². The molecule has 0 radical (unpaired) electrons. The monoisotopic (exact) mass is 403 g/mol. The number of aliphatic hydroxyl groups is 1. The van der Waals surface area contributed by atoms with Gasteiger partial charge in [-0.3, -0.25) is 9.30 Å². The number of fused-ring (bicyclic) bond motifs is 2. The minimum Gasteiger partial charge on any atom is -0.489 e. The molecule has 1 aromatic carbocycles. The highest BCUT2D eigenvalue weighted by Gasteiger charge is 2.20. The lowest BCUT2D eigenvalue weighted by Gasteiger charge is -2.15. The van der Waals surface area contributed by atoms with E-state index in [4.69, 9.17) is 9.72 Å². The maximum absolute atomic E-state index is 9.79. The van der Waals surface area contributed by atoms with Crippen LogP contribution in [-0.4, -0.2) is 54.9 Å². The van der Waals surface area contributed by atoms with Gasteiger partial charge >= 0.3 is 0 Å². The molecule has 1 N–H and O–H groups in total. The van der Waals surface area contributed by atoms with E-state index in [0.717, 1.165) is 59.6 Å². The summed E-state index contributed by atoms with van der Waals surface area (Å²) in [6, 6.07) is 14.0. The van der Waals surface area contributed by atoms with Crippen LogP contribution in [0.2, 0.25) is 0 Å². The zero-order valence-electron chi connectivity index (χ0n) is 17.2. The minimum atomic E-state index is -0.219. The third-order valence-corrected chi connectivity index (χ3v) is 5.39. The van der Waals surface area contributed by atoms with Crippen LogP contribution in [0.15, 0.2) is 48.7 Å². The number of hydrogen-bond donors (Lipinski definition) is 1. The second kappa shape index (κ2) is 7.66. The topological polar surface area (TPSA) is 75.8 Å². The van der Waals surface area contributed by atoms with Gasteiger partial charge in [0.15, 0.2) is 11.5 Å². The van der Waals surface area contributed by atoms with Gasteiger partial charge in [0, 0.05) is 31.2 Å². The Morgan fingerprint density at radius 1 is 1.13 bits per heavy atom. The number of para-hydroxylation sites is 1. The molecule has 0 bridgehead atoms. The van der Waals surface area contributed by atoms with Crippen molar-refractivity contribution < 1.29 is 9.84 Å². The van der Waals surface area contributed by atoms with Crippen LogP contribution in [0.3, 0.4) is 0 Å². The summed E-state index contributed by atoms with van der Waals surface area (Å²) in [6.45, 7) is 6.45. The van der Waals surface area contributed by atoms with Crippen LogP contribution in [0.1, 0.15) is 25.8 Å². The molecule has 4 heterocycles. The van der Waals surface area contributed by atoms with Gasteiger partial charge in [-0.1, -0.05) is 24.3 Å².